The van der Waals surface area contributed by atoms with Crippen molar-refractivity contribution in [1.29, 1.82) is 0 Å². The van der Waals surface area contributed by atoms with Crippen LogP contribution in [0.5, 0.6) is 0 Å². The first-order valence-corrected chi connectivity index (χ1v) is 10.5. The van der Waals surface area contributed by atoms with Crippen LogP contribution in [0, 0.1) is 17.8 Å². The Kier molecular flexibility index (Phi) is 4.46. The van der Waals surface area contributed by atoms with Gasteiger partial charge in [0.1, 0.15) is 6.33 Å². The Balaban J connectivity index is 1.33. The smallest absolute Gasteiger partial charge is 0.265 e. The first kappa shape index (κ1) is 18.1. The molecule has 2 saturated carbocycles. The molecule has 5 rings (SSSR count). The van der Waals surface area contributed by atoms with Crippen LogP contribution in [0.15, 0.2) is 59.7 Å². The van der Waals surface area contributed by atoms with Crippen molar-refractivity contribution in [3.8, 4) is 5.69 Å². The van der Waals surface area contributed by atoms with E-state index in [0.29, 0.717) is 28.1 Å². The summed E-state index contributed by atoms with van der Waals surface area (Å²) in [6, 6.07) is 14.7. The highest BCUT2D eigenvalue weighted by molar-refractivity contribution is 5.94. The van der Waals surface area contributed by atoms with Gasteiger partial charge in [0.2, 0.25) is 0 Å². The average Bonchev–Trinajstić information content (AvgIpc) is 3.38. The molecule has 29 heavy (non-hydrogen) atoms. The molecular formula is C24H25N3O2. The molecule has 1 amide bonds. The Morgan fingerprint density at radius 1 is 1.10 bits per heavy atom. The van der Waals surface area contributed by atoms with E-state index in [0.717, 1.165) is 11.8 Å². The van der Waals surface area contributed by atoms with Gasteiger partial charge in [-0.2, -0.15) is 0 Å². The van der Waals surface area contributed by atoms with Crippen LogP contribution in [-0.2, 0) is 0 Å². The van der Waals surface area contributed by atoms with Crippen molar-refractivity contribution >= 4 is 16.8 Å². The Morgan fingerprint density at radius 3 is 2.62 bits per heavy atom. The van der Waals surface area contributed by atoms with Gasteiger partial charge in [0.05, 0.1) is 16.6 Å². The summed E-state index contributed by atoms with van der Waals surface area (Å²) < 4.78 is 1.52. The normalized spacial score (nSPS) is 24.0. The summed E-state index contributed by atoms with van der Waals surface area (Å²) in [7, 11) is 0. The van der Waals surface area contributed by atoms with Crippen molar-refractivity contribution in [2.24, 2.45) is 17.8 Å². The fraction of sp³-hybridized carbons (Fsp3) is 0.375. The zero-order valence-corrected chi connectivity index (χ0v) is 16.5. The van der Waals surface area contributed by atoms with Crippen LogP contribution < -0.4 is 10.9 Å². The SMILES string of the molecule is CC(NC(=O)c1ccc(-n2cnc3ccccc3c2=O)cc1)C1CC2CCC1C2. The van der Waals surface area contributed by atoms with Crippen LogP contribution in [0.1, 0.15) is 43.0 Å². The third-order valence-corrected chi connectivity index (χ3v) is 6.87. The van der Waals surface area contributed by atoms with Gasteiger partial charge >= 0.3 is 0 Å². The maximum atomic E-state index is 12.7. The minimum Gasteiger partial charge on any atom is -0.349 e. The molecule has 0 spiro atoms. The van der Waals surface area contributed by atoms with Crippen LogP contribution in [0.3, 0.4) is 0 Å². The number of benzene rings is 2. The van der Waals surface area contributed by atoms with Gasteiger partial charge in [-0.1, -0.05) is 18.6 Å². The lowest BCUT2D eigenvalue weighted by molar-refractivity contribution is 0.0915. The van der Waals surface area contributed by atoms with Gasteiger partial charge in [0, 0.05) is 11.6 Å². The summed E-state index contributed by atoms with van der Waals surface area (Å²) in [6.07, 6.45) is 6.82. The molecule has 1 aromatic heterocycles. The van der Waals surface area contributed by atoms with Gasteiger partial charge in [0.25, 0.3) is 11.5 Å². The van der Waals surface area contributed by atoms with Gasteiger partial charge in [-0.05, 0) is 80.3 Å². The molecule has 4 atom stereocenters. The summed E-state index contributed by atoms with van der Waals surface area (Å²) in [5.74, 6) is 2.22. The molecule has 1 N–H and O–H groups in total. The number of nitrogens with zero attached hydrogens (tertiary/aromatic N) is 2. The third kappa shape index (κ3) is 3.24. The van der Waals surface area contributed by atoms with Gasteiger partial charge in [0.15, 0.2) is 0 Å². The Labute approximate surface area is 169 Å². The number of hydrogen-bond donors (Lipinski definition) is 1. The van der Waals surface area contributed by atoms with Crippen molar-refractivity contribution < 1.29 is 4.79 Å². The van der Waals surface area contributed by atoms with Crippen molar-refractivity contribution in [1.82, 2.24) is 14.9 Å². The molecule has 0 aliphatic heterocycles. The zero-order valence-electron chi connectivity index (χ0n) is 16.5. The number of aromatic nitrogens is 2. The van der Waals surface area contributed by atoms with Crippen molar-refractivity contribution in [3.05, 3.63) is 70.8 Å². The molecule has 0 saturated heterocycles. The second-order valence-corrected chi connectivity index (χ2v) is 8.58. The van der Waals surface area contributed by atoms with E-state index in [1.807, 2.05) is 18.2 Å². The minimum atomic E-state index is -0.113. The molecule has 148 valence electrons. The van der Waals surface area contributed by atoms with Gasteiger partial charge in [-0.25, -0.2) is 4.98 Å². The quantitative estimate of drug-likeness (QED) is 0.737. The molecule has 4 unspecified atom stereocenters. The molecule has 2 fully saturated rings. The predicted octanol–water partition coefficient (Wildman–Crippen LogP) is 3.94. The fourth-order valence-corrected chi connectivity index (χ4v) is 5.33. The third-order valence-electron chi connectivity index (χ3n) is 6.87. The highest BCUT2D eigenvalue weighted by Gasteiger charge is 2.42. The van der Waals surface area contributed by atoms with E-state index in [4.69, 9.17) is 0 Å². The standard InChI is InChI=1S/C24H25N3O2/c1-15(21-13-16-6-7-18(21)12-16)26-23(28)17-8-10-19(11-9-17)27-14-25-22-5-3-2-4-20(22)24(27)29/h2-5,8-11,14-16,18,21H,6-7,12-13H2,1H3,(H,26,28). The number of carbonyl (C=O) groups excluding carboxylic acids is 1. The molecule has 0 radical (unpaired) electrons. The highest BCUT2D eigenvalue weighted by atomic mass is 16.1. The Hall–Kier alpha value is -2.95. The number of rotatable bonds is 4. The second-order valence-electron chi connectivity index (χ2n) is 8.58. The van der Waals surface area contributed by atoms with E-state index in [2.05, 4.69) is 17.2 Å². The predicted molar refractivity (Wildman–Crippen MR) is 113 cm³/mol. The van der Waals surface area contributed by atoms with Crippen LogP contribution in [-0.4, -0.2) is 21.5 Å². The number of fused-ring (bicyclic) bond motifs is 3. The maximum absolute atomic E-state index is 12.7. The number of carbonyl (C=O) groups is 1. The highest BCUT2D eigenvalue weighted by Crippen LogP contribution is 2.49. The van der Waals surface area contributed by atoms with Crippen LogP contribution >= 0.6 is 0 Å². The number of para-hydroxylation sites is 1. The molecule has 2 bridgehead atoms. The van der Waals surface area contributed by atoms with Crippen LogP contribution in [0.4, 0.5) is 0 Å². The van der Waals surface area contributed by atoms with E-state index >= 15 is 0 Å². The zero-order chi connectivity index (χ0) is 20.0. The number of nitrogens with one attached hydrogen (secondary N) is 1. The van der Waals surface area contributed by atoms with Crippen LogP contribution in [0.2, 0.25) is 0 Å². The summed E-state index contributed by atoms with van der Waals surface area (Å²) in [5, 5.41) is 3.78. The van der Waals surface area contributed by atoms with Crippen LogP contribution in [0.25, 0.3) is 16.6 Å². The van der Waals surface area contributed by atoms with E-state index in [9.17, 15) is 9.59 Å². The van der Waals surface area contributed by atoms with Crippen molar-refractivity contribution in [2.45, 2.75) is 38.6 Å². The number of amides is 1. The van der Waals surface area contributed by atoms with Gasteiger partial charge in [-0.3, -0.25) is 14.2 Å². The van der Waals surface area contributed by atoms with E-state index in [-0.39, 0.29) is 17.5 Å². The average molecular weight is 387 g/mol. The van der Waals surface area contributed by atoms with Crippen molar-refractivity contribution in [2.75, 3.05) is 0 Å². The molecule has 5 heteroatoms. The fourth-order valence-electron chi connectivity index (χ4n) is 5.33. The molecule has 3 aromatic rings. The van der Waals surface area contributed by atoms with Crippen molar-refractivity contribution in [3.63, 3.8) is 0 Å². The summed E-state index contributed by atoms with van der Waals surface area (Å²) >= 11 is 0. The first-order chi connectivity index (χ1) is 14.1. The molecule has 2 aromatic carbocycles. The van der Waals surface area contributed by atoms with E-state index < -0.39 is 0 Å². The molecule has 1 heterocycles. The minimum absolute atomic E-state index is 0.0455. The summed E-state index contributed by atoms with van der Waals surface area (Å²) in [5.41, 5.74) is 1.88. The summed E-state index contributed by atoms with van der Waals surface area (Å²) in [4.78, 5) is 29.8. The largest absolute Gasteiger partial charge is 0.349 e. The first-order valence-electron chi connectivity index (χ1n) is 10.5. The Morgan fingerprint density at radius 2 is 1.90 bits per heavy atom. The van der Waals surface area contributed by atoms with E-state index in [1.54, 1.807) is 30.3 Å². The maximum Gasteiger partial charge on any atom is 0.265 e. The molecule has 2 aliphatic rings. The lowest BCUT2D eigenvalue weighted by Crippen LogP contribution is -2.40. The van der Waals surface area contributed by atoms with Gasteiger partial charge in [-0.15, -0.1) is 0 Å². The molecule has 5 nitrogen and oxygen atoms in total. The second kappa shape index (κ2) is 7.14. The molecule has 2 aliphatic carbocycles. The monoisotopic (exact) mass is 387 g/mol. The lowest BCUT2D eigenvalue weighted by atomic mass is 9.84. The van der Waals surface area contributed by atoms with E-state index in [1.165, 1.54) is 36.6 Å². The Bertz CT molecular complexity index is 1120. The molecular weight excluding hydrogens is 362 g/mol. The topological polar surface area (TPSA) is 64.0 Å². The van der Waals surface area contributed by atoms with Gasteiger partial charge < -0.3 is 5.32 Å². The lowest BCUT2D eigenvalue weighted by Gasteiger charge is -2.28. The number of hydrogen-bond acceptors (Lipinski definition) is 3. The summed E-state index contributed by atoms with van der Waals surface area (Å²) in [6.45, 7) is 2.14.